The highest BCUT2D eigenvalue weighted by Crippen LogP contribution is 2.44. The zero-order chi connectivity index (χ0) is 24.9. The molecule has 184 valence electrons. The number of rotatable bonds is 10. The number of amides is 2. The number of fused-ring (bicyclic) bond motifs is 3. The van der Waals surface area contributed by atoms with Crippen LogP contribution in [-0.4, -0.2) is 55.3 Å². The largest absolute Gasteiger partial charge is 0.480 e. The van der Waals surface area contributed by atoms with Gasteiger partial charge in [0.2, 0.25) is 5.91 Å². The molecule has 2 aromatic carbocycles. The number of carboxylic acid groups (broad SMARTS) is 1. The second-order valence-electron chi connectivity index (χ2n) is 8.82. The first-order chi connectivity index (χ1) is 16.9. The fourth-order valence-corrected chi connectivity index (χ4v) is 4.56. The zero-order valence-corrected chi connectivity index (χ0v) is 19.4. The van der Waals surface area contributed by atoms with Crippen molar-refractivity contribution in [2.75, 3.05) is 20.3 Å². The van der Waals surface area contributed by atoms with Crippen LogP contribution in [0.25, 0.3) is 11.1 Å². The maximum atomic E-state index is 12.4. The summed E-state index contributed by atoms with van der Waals surface area (Å²) in [5, 5.41) is 14.5. The molecule has 9 heteroatoms. The third-order valence-corrected chi connectivity index (χ3v) is 6.59. The van der Waals surface area contributed by atoms with Crippen LogP contribution in [0.4, 0.5) is 4.79 Å². The smallest absolute Gasteiger partial charge is 0.407 e. The molecule has 1 saturated carbocycles. The van der Waals surface area contributed by atoms with Gasteiger partial charge in [0, 0.05) is 24.8 Å². The molecule has 2 aromatic rings. The molecule has 3 N–H and O–H groups in total. The predicted octanol–water partition coefficient (Wildman–Crippen LogP) is 2.68. The van der Waals surface area contributed by atoms with Crippen LogP contribution in [0.15, 0.2) is 48.5 Å². The zero-order valence-electron chi connectivity index (χ0n) is 19.4. The van der Waals surface area contributed by atoms with E-state index in [0.29, 0.717) is 6.42 Å². The molecule has 3 atom stereocenters. The summed E-state index contributed by atoms with van der Waals surface area (Å²) in [6.45, 7) is 0.462. The van der Waals surface area contributed by atoms with E-state index in [0.717, 1.165) is 22.3 Å². The Morgan fingerprint density at radius 1 is 1.03 bits per heavy atom. The maximum absolute atomic E-state index is 12.4. The molecular formula is C26H28N2O7. The van der Waals surface area contributed by atoms with Gasteiger partial charge in [-0.3, -0.25) is 9.59 Å². The van der Waals surface area contributed by atoms with E-state index in [1.54, 1.807) is 0 Å². The number of esters is 1. The van der Waals surface area contributed by atoms with Crippen LogP contribution in [0.5, 0.6) is 0 Å². The van der Waals surface area contributed by atoms with Crippen LogP contribution in [-0.2, 0) is 23.9 Å². The number of hydrogen-bond acceptors (Lipinski definition) is 6. The highest BCUT2D eigenvalue weighted by molar-refractivity contribution is 5.87. The molecule has 4 rings (SSSR count). The molecule has 0 aliphatic heterocycles. The third-order valence-electron chi connectivity index (χ3n) is 6.59. The van der Waals surface area contributed by atoms with Crippen molar-refractivity contribution in [2.24, 2.45) is 11.8 Å². The molecule has 0 aromatic heterocycles. The van der Waals surface area contributed by atoms with Crippen molar-refractivity contribution in [3.63, 3.8) is 0 Å². The quantitative estimate of drug-likeness (QED) is 0.446. The highest BCUT2D eigenvalue weighted by atomic mass is 16.5. The number of alkyl carbamates (subject to hydrolysis) is 1. The predicted molar refractivity (Wildman–Crippen MR) is 125 cm³/mol. The van der Waals surface area contributed by atoms with E-state index in [9.17, 15) is 24.3 Å². The Morgan fingerprint density at radius 3 is 2.26 bits per heavy atom. The lowest BCUT2D eigenvalue weighted by Gasteiger charge is -2.15. The molecular weight excluding hydrogens is 452 g/mol. The second kappa shape index (κ2) is 10.6. The van der Waals surface area contributed by atoms with Gasteiger partial charge in [0.15, 0.2) is 0 Å². The molecule has 0 radical (unpaired) electrons. The van der Waals surface area contributed by atoms with Gasteiger partial charge in [-0.25, -0.2) is 9.59 Å². The second-order valence-corrected chi connectivity index (χ2v) is 8.82. The van der Waals surface area contributed by atoms with Crippen LogP contribution < -0.4 is 10.6 Å². The summed E-state index contributed by atoms with van der Waals surface area (Å²) >= 11 is 0. The van der Waals surface area contributed by atoms with Gasteiger partial charge >= 0.3 is 18.0 Å². The summed E-state index contributed by atoms with van der Waals surface area (Å²) in [5.41, 5.74) is 4.55. The first kappa shape index (κ1) is 24.3. The molecule has 35 heavy (non-hydrogen) atoms. The number of ether oxygens (including phenoxy) is 2. The molecule has 0 heterocycles. The van der Waals surface area contributed by atoms with E-state index in [1.807, 2.05) is 36.4 Å². The summed E-state index contributed by atoms with van der Waals surface area (Å²) in [6.07, 6.45) is -0.174. The van der Waals surface area contributed by atoms with Crippen LogP contribution >= 0.6 is 0 Å². The first-order valence-corrected chi connectivity index (χ1v) is 11.6. The molecule has 2 aliphatic rings. The number of carboxylic acids is 1. The van der Waals surface area contributed by atoms with Gasteiger partial charge in [0.25, 0.3) is 0 Å². The van der Waals surface area contributed by atoms with Crippen LogP contribution in [0.3, 0.4) is 0 Å². The molecule has 0 saturated heterocycles. The fraction of sp³-hybridized carbons (Fsp3) is 0.385. The van der Waals surface area contributed by atoms with Gasteiger partial charge < -0.3 is 25.2 Å². The van der Waals surface area contributed by atoms with Crippen molar-refractivity contribution >= 4 is 23.9 Å². The number of carbonyl (C=O) groups excluding carboxylic acids is 3. The van der Waals surface area contributed by atoms with Crippen molar-refractivity contribution in [3.8, 4) is 11.1 Å². The highest BCUT2D eigenvalue weighted by Gasteiger charge is 2.44. The van der Waals surface area contributed by atoms with Crippen molar-refractivity contribution in [1.82, 2.24) is 10.6 Å². The topological polar surface area (TPSA) is 131 Å². The Kier molecular flexibility index (Phi) is 7.33. The van der Waals surface area contributed by atoms with Crippen LogP contribution in [0.1, 0.15) is 36.3 Å². The van der Waals surface area contributed by atoms with E-state index < -0.39 is 30.0 Å². The van der Waals surface area contributed by atoms with Crippen LogP contribution in [0.2, 0.25) is 0 Å². The Bertz CT molecular complexity index is 1090. The molecule has 1 unspecified atom stereocenters. The van der Waals surface area contributed by atoms with E-state index in [4.69, 9.17) is 4.74 Å². The van der Waals surface area contributed by atoms with Crippen LogP contribution in [0, 0.1) is 11.8 Å². The average Bonchev–Trinajstić information content (AvgIpc) is 3.58. The summed E-state index contributed by atoms with van der Waals surface area (Å²) in [6, 6.07) is 15.0. The average molecular weight is 481 g/mol. The molecule has 9 nitrogen and oxygen atoms in total. The Hall–Kier alpha value is -3.88. The summed E-state index contributed by atoms with van der Waals surface area (Å²) in [4.78, 5) is 47.3. The minimum Gasteiger partial charge on any atom is -0.480 e. The summed E-state index contributed by atoms with van der Waals surface area (Å²) in [5.74, 6) is -2.67. The van der Waals surface area contributed by atoms with Gasteiger partial charge in [0.1, 0.15) is 12.6 Å². The monoisotopic (exact) mass is 480 g/mol. The normalized spacial score (nSPS) is 18.5. The Morgan fingerprint density at radius 2 is 1.66 bits per heavy atom. The number of aliphatic carboxylic acids is 1. The van der Waals surface area contributed by atoms with Crippen molar-refractivity contribution in [2.45, 2.75) is 31.2 Å². The van der Waals surface area contributed by atoms with E-state index >= 15 is 0 Å². The van der Waals surface area contributed by atoms with Gasteiger partial charge in [0.05, 0.1) is 7.11 Å². The number of methoxy groups -OCH3 is 1. The molecule has 1 fully saturated rings. The van der Waals surface area contributed by atoms with Gasteiger partial charge in [-0.2, -0.15) is 0 Å². The fourth-order valence-electron chi connectivity index (χ4n) is 4.56. The number of carbonyl (C=O) groups is 4. The summed E-state index contributed by atoms with van der Waals surface area (Å²) < 4.78 is 10.0. The van der Waals surface area contributed by atoms with E-state index in [2.05, 4.69) is 27.5 Å². The van der Waals surface area contributed by atoms with Gasteiger partial charge in [-0.15, -0.1) is 0 Å². The SMILES string of the molecule is COC(=O)CCC(NC(=O)[C@@H]1C[C@@H]1CNC(=O)OCC1c2ccccc2-c2ccccc21)C(=O)O. The standard InChI is InChI=1S/C26H28N2O7/c1-34-23(29)11-10-22(25(31)32)28-24(30)20-12-15(20)13-27-26(33)35-14-21-18-8-4-2-6-16(18)17-7-3-5-9-19(17)21/h2-9,15,20-22H,10-14H2,1H3,(H,27,33)(H,28,30)(H,31,32)/t15-,20-,22?/m1/s1. The maximum Gasteiger partial charge on any atom is 0.407 e. The lowest BCUT2D eigenvalue weighted by molar-refractivity contribution is -0.144. The number of hydrogen-bond donors (Lipinski definition) is 3. The molecule has 0 spiro atoms. The van der Waals surface area contributed by atoms with Crippen molar-refractivity contribution in [3.05, 3.63) is 59.7 Å². The summed E-state index contributed by atoms with van der Waals surface area (Å²) in [7, 11) is 1.22. The molecule has 2 aliphatic carbocycles. The van der Waals surface area contributed by atoms with E-state index in [-0.39, 0.29) is 43.7 Å². The molecule has 0 bridgehead atoms. The molecule has 2 amide bonds. The third kappa shape index (κ3) is 5.62. The Balaban J connectivity index is 1.22. The number of benzene rings is 2. The minimum absolute atomic E-state index is 0.0365. The van der Waals surface area contributed by atoms with Crippen molar-refractivity contribution < 1.29 is 33.8 Å². The Labute approximate surface area is 202 Å². The lowest BCUT2D eigenvalue weighted by Crippen LogP contribution is -2.42. The first-order valence-electron chi connectivity index (χ1n) is 11.6. The number of nitrogens with one attached hydrogen (secondary N) is 2. The minimum atomic E-state index is -1.21. The lowest BCUT2D eigenvalue weighted by atomic mass is 9.98. The van der Waals surface area contributed by atoms with Gasteiger partial charge in [-0.1, -0.05) is 48.5 Å². The van der Waals surface area contributed by atoms with E-state index in [1.165, 1.54) is 7.11 Å². The van der Waals surface area contributed by atoms with Gasteiger partial charge in [-0.05, 0) is 41.0 Å². The van der Waals surface area contributed by atoms with Crippen molar-refractivity contribution in [1.29, 1.82) is 0 Å².